The molecule has 1 amide bonds. The molecule has 0 heterocycles. The van der Waals surface area contributed by atoms with Crippen molar-refractivity contribution in [1.29, 1.82) is 0 Å². The molecule has 0 bridgehead atoms. The van der Waals surface area contributed by atoms with Crippen LogP contribution < -0.4 is 11.1 Å². The fourth-order valence-corrected chi connectivity index (χ4v) is 2.12. The first kappa shape index (κ1) is 15.4. The normalized spacial score (nSPS) is 10.2. The Morgan fingerprint density at radius 3 is 2.74 bits per heavy atom. The summed E-state index contributed by atoms with van der Waals surface area (Å²) in [6, 6.07) is 3.22. The Labute approximate surface area is 119 Å². The maximum absolute atomic E-state index is 10.8. The van der Waals surface area contributed by atoms with Crippen LogP contribution in [-0.2, 0) is 4.79 Å². The number of nitrogens with one attached hydrogen (secondary N) is 1. The lowest BCUT2D eigenvalue weighted by molar-refractivity contribution is -0.385. The summed E-state index contributed by atoms with van der Waals surface area (Å²) in [6.45, 7) is 2.38. The summed E-state index contributed by atoms with van der Waals surface area (Å²) in [5.74, 6) is -0.299. The molecule has 7 heteroatoms. The number of hydrogen-bond acceptors (Lipinski definition) is 4. The van der Waals surface area contributed by atoms with Gasteiger partial charge in [-0.15, -0.1) is 0 Å². The van der Waals surface area contributed by atoms with Gasteiger partial charge in [-0.25, -0.2) is 0 Å². The Morgan fingerprint density at radius 2 is 2.16 bits per heavy atom. The number of amides is 1. The molecule has 0 aliphatic heterocycles. The SMILES string of the molecule is Cc1cc(NCCCCC(N)=O)c(Br)cc1[N+](=O)[O-]. The minimum atomic E-state index is -0.406. The van der Waals surface area contributed by atoms with E-state index in [1.54, 1.807) is 13.0 Å². The molecule has 19 heavy (non-hydrogen) atoms. The molecular formula is C12H16BrN3O3. The number of rotatable bonds is 7. The standard InChI is InChI=1S/C12H16BrN3O3/c1-8-6-10(9(13)7-11(8)16(18)19)15-5-3-2-4-12(14)17/h6-7,15H,2-5H2,1H3,(H2,14,17). The van der Waals surface area contributed by atoms with Gasteiger partial charge in [0.1, 0.15) is 0 Å². The Hall–Kier alpha value is -1.63. The fourth-order valence-electron chi connectivity index (χ4n) is 1.65. The van der Waals surface area contributed by atoms with Gasteiger partial charge in [-0.05, 0) is 41.8 Å². The molecule has 0 aliphatic carbocycles. The first-order valence-corrected chi connectivity index (χ1v) is 6.68. The minimum Gasteiger partial charge on any atom is -0.384 e. The molecule has 1 aromatic rings. The van der Waals surface area contributed by atoms with E-state index in [1.807, 2.05) is 0 Å². The third kappa shape index (κ3) is 4.86. The van der Waals surface area contributed by atoms with E-state index in [0.29, 0.717) is 23.0 Å². The lowest BCUT2D eigenvalue weighted by Crippen LogP contribution is -2.11. The van der Waals surface area contributed by atoms with Gasteiger partial charge in [0.05, 0.1) is 4.92 Å². The number of hydrogen-bond donors (Lipinski definition) is 2. The first-order valence-electron chi connectivity index (χ1n) is 5.88. The zero-order valence-electron chi connectivity index (χ0n) is 10.6. The minimum absolute atomic E-state index is 0.0890. The van der Waals surface area contributed by atoms with Crippen LogP contribution in [0.3, 0.4) is 0 Å². The van der Waals surface area contributed by atoms with Crippen LogP contribution in [0, 0.1) is 17.0 Å². The van der Waals surface area contributed by atoms with Gasteiger partial charge >= 0.3 is 0 Å². The van der Waals surface area contributed by atoms with Crippen LogP contribution in [-0.4, -0.2) is 17.4 Å². The number of aryl methyl sites for hydroxylation is 1. The third-order valence-electron chi connectivity index (χ3n) is 2.65. The lowest BCUT2D eigenvalue weighted by atomic mass is 10.1. The van der Waals surface area contributed by atoms with Crippen molar-refractivity contribution in [3.63, 3.8) is 0 Å². The number of benzene rings is 1. The first-order chi connectivity index (χ1) is 8.91. The largest absolute Gasteiger partial charge is 0.384 e. The Morgan fingerprint density at radius 1 is 1.47 bits per heavy atom. The highest BCUT2D eigenvalue weighted by Crippen LogP contribution is 2.30. The zero-order valence-corrected chi connectivity index (χ0v) is 12.2. The summed E-state index contributed by atoms with van der Waals surface area (Å²) in [5, 5.41) is 13.9. The maximum atomic E-state index is 10.8. The molecule has 0 saturated heterocycles. The van der Waals surface area contributed by atoms with E-state index in [9.17, 15) is 14.9 Å². The number of unbranched alkanes of at least 4 members (excludes halogenated alkanes) is 1. The second kappa shape index (κ2) is 7.08. The molecule has 0 spiro atoms. The topological polar surface area (TPSA) is 98.3 Å². The van der Waals surface area contributed by atoms with Gasteiger partial charge in [0, 0.05) is 34.8 Å². The molecule has 0 unspecified atom stereocenters. The molecule has 1 aromatic carbocycles. The van der Waals surface area contributed by atoms with Crippen molar-refractivity contribution in [2.24, 2.45) is 5.73 Å². The Kier molecular flexibility index (Phi) is 5.75. The van der Waals surface area contributed by atoms with Crippen molar-refractivity contribution < 1.29 is 9.72 Å². The molecule has 0 radical (unpaired) electrons. The molecule has 0 saturated carbocycles. The van der Waals surface area contributed by atoms with Crippen LogP contribution in [0.25, 0.3) is 0 Å². The summed E-state index contributed by atoms with van der Waals surface area (Å²) < 4.78 is 0.653. The maximum Gasteiger partial charge on any atom is 0.273 e. The molecular weight excluding hydrogens is 314 g/mol. The quantitative estimate of drug-likeness (QED) is 0.456. The highest BCUT2D eigenvalue weighted by Gasteiger charge is 2.13. The summed E-state index contributed by atoms with van der Waals surface area (Å²) in [4.78, 5) is 20.9. The lowest BCUT2D eigenvalue weighted by Gasteiger charge is -2.09. The summed E-state index contributed by atoms with van der Waals surface area (Å²) in [5.41, 5.74) is 6.55. The Balaban J connectivity index is 2.57. The van der Waals surface area contributed by atoms with Crippen molar-refractivity contribution in [3.8, 4) is 0 Å². The van der Waals surface area contributed by atoms with Gasteiger partial charge < -0.3 is 11.1 Å². The van der Waals surface area contributed by atoms with Crippen molar-refractivity contribution in [3.05, 3.63) is 32.3 Å². The second-order valence-corrected chi connectivity index (χ2v) is 5.08. The third-order valence-corrected chi connectivity index (χ3v) is 3.30. The summed E-state index contributed by atoms with van der Waals surface area (Å²) in [6.07, 6.45) is 1.92. The van der Waals surface area contributed by atoms with Crippen LogP contribution in [0.2, 0.25) is 0 Å². The van der Waals surface area contributed by atoms with E-state index < -0.39 is 4.92 Å². The number of primary amides is 1. The van der Waals surface area contributed by atoms with E-state index in [2.05, 4.69) is 21.2 Å². The van der Waals surface area contributed by atoms with E-state index in [-0.39, 0.29) is 11.6 Å². The number of halogens is 1. The van der Waals surface area contributed by atoms with Crippen LogP contribution >= 0.6 is 15.9 Å². The number of nitrogens with zero attached hydrogens (tertiary/aromatic N) is 1. The predicted octanol–water partition coefficient (Wildman–Crippen LogP) is 2.73. The average molecular weight is 330 g/mol. The van der Waals surface area contributed by atoms with Gasteiger partial charge in [0.15, 0.2) is 0 Å². The van der Waals surface area contributed by atoms with Gasteiger partial charge in [0.25, 0.3) is 5.69 Å². The monoisotopic (exact) mass is 329 g/mol. The van der Waals surface area contributed by atoms with Gasteiger partial charge in [-0.2, -0.15) is 0 Å². The van der Waals surface area contributed by atoms with Crippen molar-refractivity contribution in [2.75, 3.05) is 11.9 Å². The molecule has 1 rings (SSSR count). The van der Waals surface area contributed by atoms with Gasteiger partial charge in [0.2, 0.25) is 5.91 Å². The highest BCUT2D eigenvalue weighted by atomic mass is 79.9. The van der Waals surface area contributed by atoms with E-state index in [1.165, 1.54) is 6.07 Å². The van der Waals surface area contributed by atoms with Crippen molar-refractivity contribution in [2.45, 2.75) is 26.2 Å². The van der Waals surface area contributed by atoms with Crippen molar-refractivity contribution in [1.82, 2.24) is 0 Å². The number of nitro groups is 1. The highest BCUT2D eigenvalue weighted by molar-refractivity contribution is 9.10. The van der Waals surface area contributed by atoms with E-state index in [0.717, 1.165) is 18.5 Å². The molecule has 0 aromatic heterocycles. The molecule has 3 N–H and O–H groups in total. The van der Waals surface area contributed by atoms with Crippen LogP contribution in [0.5, 0.6) is 0 Å². The van der Waals surface area contributed by atoms with Crippen LogP contribution in [0.15, 0.2) is 16.6 Å². The number of carbonyl (C=O) groups is 1. The molecule has 0 fully saturated rings. The van der Waals surface area contributed by atoms with Crippen molar-refractivity contribution >= 4 is 33.2 Å². The van der Waals surface area contributed by atoms with Crippen LogP contribution in [0.4, 0.5) is 11.4 Å². The van der Waals surface area contributed by atoms with E-state index in [4.69, 9.17) is 5.73 Å². The molecule has 104 valence electrons. The fraction of sp³-hybridized carbons (Fsp3) is 0.417. The summed E-state index contributed by atoms with van der Waals surface area (Å²) in [7, 11) is 0. The smallest absolute Gasteiger partial charge is 0.273 e. The van der Waals surface area contributed by atoms with Gasteiger partial charge in [-0.3, -0.25) is 14.9 Å². The zero-order chi connectivity index (χ0) is 14.4. The second-order valence-electron chi connectivity index (χ2n) is 4.23. The summed E-state index contributed by atoms with van der Waals surface area (Å²) >= 11 is 3.30. The molecule has 6 nitrogen and oxygen atoms in total. The Bertz CT molecular complexity index is 491. The van der Waals surface area contributed by atoms with E-state index >= 15 is 0 Å². The number of carbonyl (C=O) groups excluding carboxylic acids is 1. The van der Waals surface area contributed by atoms with Gasteiger partial charge in [-0.1, -0.05) is 0 Å². The number of nitrogens with two attached hydrogens (primary N) is 1. The number of nitro benzene ring substituents is 1. The average Bonchev–Trinajstić information content (AvgIpc) is 2.31. The molecule has 0 aliphatic rings. The predicted molar refractivity (Wildman–Crippen MR) is 77.1 cm³/mol. The van der Waals surface area contributed by atoms with Crippen LogP contribution in [0.1, 0.15) is 24.8 Å². The molecule has 0 atom stereocenters. The number of anilines is 1.